The number of halogens is 2. The molecule has 114 valence electrons. The van der Waals surface area contributed by atoms with Crippen molar-refractivity contribution in [3.05, 3.63) is 50.7 Å². The summed E-state index contributed by atoms with van der Waals surface area (Å²) in [5, 5.41) is 15.1. The molecular formula is C16H20BrClN2O. The molecule has 1 unspecified atom stereocenters. The zero-order chi connectivity index (χ0) is 15.4. The normalized spacial score (nSPS) is 12.6. The van der Waals surface area contributed by atoms with Crippen LogP contribution in [0.1, 0.15) is 36.7 Å². The van der Waals surface area contributed by atoms with Crippen molar-refractivity contribution in [2.24, 2.45) is 0 Å². The minimum absolute atomic E-state index is 0.00443. The molecule has 0 saturated heterocycles. The summed E-state index contributed by atoms with van der Waals surface area (Å²) < 4.78 is 2.96. The summed E-state index contributed by atoms with van der Waals surface area (Å²) in [6, 6.07) is 7.99. The molecule has 1 heterocycles. The van der Waals surface area contributed by atoms with Crippen molar-refractivity contribution in [3.8, 4) is 0 Å². The molecule has 3 nitrogen and oxygen atoms in total. The highest BCUT2D eigenvalue weighted by atomic mass is 79.9. The molecule has 1 N–H and O–H groups in total. The third-order valence-corrected chi connectivity index (χ3v) is 4.86. The lowest BCUT2D eigenvalue weighted by Crippen LogP contribution is -2.12. The van der Waals surface area contributed by atoms with Crippen LogP contribution < -0.4 is 0 Å². The first kappa shape index (κ1) is 16.5. The number of aromatic nitrogens is 2. The largest absolute Gasteiger partial charge is 0.396 e. The average molecular weight is 372 g/mol. The van der Waals surface area contributed by atoms with Crippen molar-refractivity contribution < 1.29 is 5.11 Å². The van der Waals surface area contributed by atoms with E-state index in [2.05, 4.69) is 34.9 Å². The third kappa shape index (κ3) is 3.50. The van der Waals surface area contributed by atoms with Gasteiger partial charge in [0, 0.05) is 16.9 Å². The first-order chi connectivity index (χ1) is 10.1. The van der Waals surface area contributed by atoms with Crippen LogP contribution in [0.25, 0.3) is 0 Å². The summed E-state index contributed by atoms with van der Waals surface area (Å²) in [7, 11) is 0. The SMILES string of the molecule is CCc1nn(CC)c(CC(CO)c2ccccc2Br)c1Cl. The summed E-state index contributed by atoms with van der Waals surface area (Å²) >= 11 is 10.0. The number of aliphatic hydroxyl groups is 1. The molecule has 0 aliphatic heterocycles. The molecule has 0 saturated carbocycles. The Morgan fingerprint density at radius 3 is 2.62 bits per heavy atom. The highest BCUT2D eigenvalue weighted by molar-refractivity contribution is 9.10. The molecule has 0 aliphatic rings. The summed E-state index contributed by atoms with van der Waals surface area (Å²) in [6.45, 7) is 4.96. The molecule has 21 heavy (non-hydrogen) atoms. The van der Waals surface area contributed by atoms with Gasteiger partial charge in [0.2, 0.25) is 0 Å². The maximum Gasteiger partial charge on any atom is 0.0850 e. The number of aliphatic hydroxyl groups excluding tert-OH is 1. The molecular weight excluding hydrogens is 352 g/mol. The van der Waals surface area contributed by atoms with Crippen molar-refractivity contribution in [1.29, 1.82) is 0 Å². The predicted octanol–water partition coefficient (Wildman–Crippen LogP) is 4.20. The summed E-state index contributed by atoms with van der Waals surface area (Å²) in [6.07, 6.45) is 1.50. The van der Waals surface area contributed by atoms with Gasteiger partial charge in [-0.05, 0) is 31.4 Å². The maximum atomic E-state index is 9.79. The molecule has 2 rings (SSSR count). The van der Waals surface area contributed by atoms with Gasteiger partial charge in [-0.2, -0.15) is 5.10 Å². The Bertz CT molecular complexity index is 612. The molecule has 5 heteroatoms. The topological polar surface area (TPSA) is 38.0 Å². The molecule has 0 spiro atoms. The Balaban J connectivity index is 2.35. The molecule has 0 radical (unpaired) electrons. The van der Waals surface area contributed by atoms with E-state index in [0.717, 1.165) is 39.4 Å². The number of nitrogens with zero attached hydrogens (tertiary/aromatic N) is 2. The highest BCUT2D eigenvalue weighted by Crippen LogP contribution is 2.31. The summed E-state index contributed by atoms with van der Waals surface area (Å²) in [4.78, 5) is 0. The van der Waals surface area contributed by atoms with Crippen LogP contribution in [0.2, 0.25) is 5.02 Å². The monoisotopic (exact) mass is 370 g/mol. The molecule has 0 aliphatic carbocycles. The van der Waals surface area contributed by atoms with Crippen molar-refractivity contribution in [1.82, 2.24) is 9.78 Å². The van der Waals surface area contributed by atoms with Crippen molar-refractivity contribution in [2.45, 2.75) is 39.2 Å². The maximum absolute atomic E-state index is 9.79. The average Bonchev–Trinajstić information content (AvgIpc) is 2.81. The smallest absolute Gasteiger partial charge is 0.0850 e. The van der Waals surface area contributed by atoms with Gasteiger partial charge < -0.3 is 5.11 Å². The van der Waals surface area contributed by atoms with Gasteiger partial charge >= 0.3 is 0 Å². The number of benzene rings is 1. The molecule has 0 amide bonds. The standard InChI is InChI=1S/C16H20BrClN2O/c1-3-14-16(18)15(20(4-2)19-14)9-11(10-21)12-7-5-6-8-13(12)17/h5-8,11,21H,3-4,9-10H2,1-2H3. The van der Waals surface area contributed by atoms with E-state index in [0.29, 0.717) is 6.42 Å². The minimum Gasteiger partial charge on any atom is -0.396 e. The van der Waals surface area contributed by atoms with Crippen LogP contribution in [-0.2, 0) is 19.4 Å². The van der Waals surface area contributed by atoms with Gasteiger partial charge in [0.1, 0.15) is 0 Å². The van der Waals surface area contributed by atoms with Crippen LogP contribution in [0.4, 0.5) is 0 Å². The van der Waals surface area contributed by atoms with Gasteiger partial charge in [-0.3, -0.25) is 4.68 Å². The van der Waals surface area contributed by atoms with Gasteiger partial charge in [-0.1, -0.05) is 52.7 Å². The Labute approximate surface area is 139 Å². The van der Waals surface area contributed by atoms with E-state index in [4.69, 9.17) is 11.6 Å². The van der Waals surface area contributed by atoms with Crippen LogP contribution in [0.5, 0.6) is 0 Å². The summed E-state index contributed by atoms with van der Waals surface area (Å²) in [5.41, 5.74) is 3.03. The molecule has 0 fully saturated rings. The highest BCUT2D eigenvalue weighted by Gasteiger charge is 2.21. The van der Waals surface area contributed by atoms with Gasteiger partial charge in [-0.15, -0.1) is 0 Å². The van der Waals surface area contributed by atoms with E-state index in [1.54, 1.807) is 0 Å². The van der Waals surface area contributed by atoms with Gasteiger partial charge in [0.25, 0.3) is 0 Å². The van der Waals surface area contributed by atoms with Crippen LogP contribution in [0.3, 0.4) is 0 Å². The zero-order valence-electron chi connectivity index (χ0n) is 12.3. The van der Waals surface area contributed by atoms with E-state index in [1.807, 2.05) is 28.9 Å². The first-order valence-electron chi connectivity index (χ1n) is 7.21. The predicted molar refractivity (Wildman–Crippen MR) is 90.0 cm³/mol. The van der Waals surface area contributed by atoms with Gasteiger partial charge in [0.15, 0.2) is 0 Å². The van der Waals surface area contributed by atoms with E-state index in [-0.39, 0.29) is 12.5 Å². The van der Waals surface area contributed by atoms with E-state index >= 15 is 0 Å². The first-order valence-corrected chi connectivity index (χ1v) is 8.38. The molecule has 0 bridgehead atoms. The minimum atomic E-state index is 0.00443. The number of hydrogen-bond donors (Lipinski definition) is 1. The molecule has 1 aromatic carbocycles. The second-order valence-corrected chi connectivity index (χ2v) is 6.21. The second kappa shape index (κ2) is 7.43. The zero-order valence-corrected chi connectivity index (χ0v) is 14.7. The number of rotatable bonds is 6. The molecule has 1 aromatic heterocycles. The van der Waals surface area contributed by atoms with Crippen molar-refractivity contribution in [3.63, 3.8) is 0 Å². The lowest BCUT2D eigenvalue weighted by molar-refractivity contribution is 0.262. The lowest BCUT2D eigenvalue weighted by atomic mass is 9.95. The van der Waals surface area contributed by atoms with Crippen LogP contribution in [0, 0.1) is 0 Å². The lowest BCUT2D eigenvalue weighted by Gasteiger charge is -2.17. The van der Waals surface area contributed by atoms with E-state index in [9.17, 15) is 5.11 Å². The third-order valence-electron chi connectivity index (χ3n) is 3.70. The molecule has 2 aromatic rings. The van der Waals surface area contributed by atoms with Crippen molar-refractivity contribution >= 4 is 27.5 Å². The number of hydrogen-bond acceptors (Lipinski definition) is 2. The van der Waals surface area contributed by atoms with Crippen LogP contribution in [-0.4, -0.2) is 21.5 Å². The Kier molecular flexibility index (Phi) is 5.85. The molecule has 1 atom stereocenters. The quantitative estimate of drug-likeness (QED) is 0.826. The Morgan fingerprint density at radius 2 is 2.05 bits per heavy atom. The Morgan fingerprint density at radius 1 is 1.33 bits per heavy atom. The second-order valence-electron chi connectivity index (χ2n) is 4.98. The van der Waals surface area contributed by atoms with Gasteiger partial charge in [0.05, 0.1) is 23.0 Å². The fourth-order valence-corrected chi connectivity index (χ4v) is 3.48. The van der Waals surface area contributed by atoms with Crippen molar-refractivity contribution in [2.75, 3.05) is 6.61 Å². The van der Waals surface area contributed by atoms with Crippen LogP contribution >= 0.6 is 27.5 Å². The van der Waals surface area contributed by atoms with E-state index < -0.39 is 0 Å². The fourth-order valence-electron chi connectivity index (χ4n) is 2.52. The van der Waals surface area contributed by atoms with Gasteiger partial charge in [-0.25, -0.2) is 0 Å². The van der Waals surface area contributed by atoms with Crippen LogP contribution in [0.15, 0.2) is 28.7 Å². The number of aryl methyl sites for hydroxylation is 2. The fraction of sp³-hybridized carbons (Fsp3) is 0.438. The summed E-state index contributed by atoms with van der Waals surface area (Å²) in [5.74, 6) is 0.00443. The van der Waals surface area contributed by atoms with E-state index in [1.165, 1.54) is 0 Å². The Hall–Kier alpha value is -0.840.